The summed E-state index contributed by atoms with van der Waals surface area (Å²) in [5.41, 5.74) is 0.973. The van der Waals surface area contributed by atoms with Gasteiger partial charge in [-0.25, -0.2) is 4.79 Å². The van der Waals surface area contributed by atoms with Crippen LogP contribution in [0, 0.1) is 0 Å². The number of benzene rings is 2. The summed E-state index contributed by atoms with van der Waals surface area (Å²) < 4.78 is 0. The molecule has 0 radical (unpaired) electrons. The third-order valence-electron chi connectivity index (χ3n) is 3.28. The summed E-state index contributed by atoms with van der Waals surface area (Å²) >= 11 is 11.7. The molecular formula is C16H9Cl2NO4. The van der Waals surface area contributed by atoms with E-state index in [2.05, 4.69) is 0 Å². The van der Waals surface area contributed by atoms with Gasteiger partial charge >= 0.3 is 5.97 Å². The topological polar surface area (TPSA) is 63.7 Å². The van der Waals surface area contributed by atoms with E-state index in [9.17, 15) is 14.4 Å². The third kappa shape index (κ3) is 2.93. The quantitative estimate of drug-likeness (QED) is 0.797. The minimum atomic E-state index is -0.752. The molecule has 0 aromatic heterocycles. The summed E-state index contributed by atoms with van der Waals surface area (Å²) in [6, 6.07) is 10.9. The summed E-state index contributed by atoms with van der Waals surface area (Å²) in [6.45, 7) is 0. The van der Waals surface area contributed by atoms with Crippen LogP contribution in [0.2, 0.25) is 10.0 Å². The number of hydrogen-bond acceptors (Lipinski definition) is 4. The minimum absolute atomic E-state index is 0.149. The summed E-state index contributed by atoms with van der Waals surface area (Å²) in [4.78, 5) is 41.0. The van der Waals surface area contributed by atoms with Crippen molar-refractivity contribution in [3.8, 4) is 0 Å². The maximum Gasteiger partial charge on any atom is 0.337 e. The number of carbonyl (C=O) groups is 3. The van der Waals surface area contributed by atoms with Crippen LogP contribution in [-0.4, -0.2) is 22.8 Å². The normalized spacial score (nSPS) is 13.2. The van der Waals surface area contributed by atoms with Crippen LogP contribution < -0.4 is 0 Å². The molecule has 1 heterocycles. The van der Waals surface area contributed by atoms with Crippen LogP contribution in [0.15, 0.2) is 42.5 Å². The number of amides is 2. The Labute approximate surface area is 141 Å². The van der Waals surface area contributed by atoms with Crippen molar-refractivity contribution in [2.24, 2.45) is 0 Å². The lowest BCUT2D eigenvalue weighted by atomic mass is 10.1. The minimum Gasteiger partial charge on any atom is -0.329 e. The fourth-order valence-corrected chi connectivity index (χ4v) is 2.52. The Hall–Kier alpha value is -2.37. The number of hydrogen-bond donors (Lipinski definition) is 0. The van der Waals surface area contributed by atoms with Crippen molar-refractivity contribution >= 4 is 41.0 Å². The van der Waals surface area contributed by atoms with E-state index >= 15 is 0 Å². The molecule has 0 fully saturated rings. The molecule has 2 aromatic carbocycles. The van der Waals surface area contributed by atoms with Crippen LogP contribution in [0.3, 0.4) is 0 Å². The highest BCUT2D eigenvalue weighted by molar-refractivity contribution is 6.42. The van der Waals surface area contributed by atoms with Crippen molar-refractivity contribution in [3.63, 3.8) is 0 Å². The summed E-state index contributed by atoms with van der Waals surface area (Å²) in [7, 11) is 0. The van der Waals surface area contributed by atoms with Crippen LogP contribution in [0.1, 0.15) is 26.3 Å². The zero-order valence-corrected chi connectivity index (χ0v) is 13.1. The van der Waals surface area contributed by atoms with Crippen molar-refractivity contribution < 1.29 is 19.2 Å². The molecule has 0 spiro atoms. The first-order chi connectivity index (χ1) is 11.0. The van der Waals surface area contributed by atoms with Crippen LogP contribution in [0.25, 0.3) is 0 Å². The molecule has 0 saturated heterocycles. The first kappa shape index (κ1) is 15.5. The van der Waals surface area contributed by atoms with Crippen LogP contribution >= 0.6 is 23.2 Å². The van der Waals surface area contributed by atoms with Crippen LogP contribution in [-0.2, 0) is 16.1 Å². The van der Waals surface area contributed by atoms with Gasteiger partial charge in [-0.2, -0.15) is 0 Å². The standard InChI is InChI=1S/C16H9Cl2NO4/c17-12-6-5-9(7-13(12)18)8-14(20)23-19-15(21)10-3-1-2-4-11(10)16(19)22/h1-7H,8H2. The van der Waals surface area contributed by atoms with E-state index in [1.165, 1.54) is 18.2 Å². The molecule has 23 heavy (non-hydrogen) atoms. The summed E-state index contributed by atoms with van der Waals surface area (Å²) in [5.74, 6) is -2.07. The van der Waals surface area contributed by atoms with Crippen molar-refractivity contribution in [1.29, 1.82) is 0 Å². The lowest BCUT2D eigenvalue weighted by molar-refractivity contribution is -0.167. The van der Waals surface area contributed by atoms with Gasteiger partial charge in [-0.05, 0) is 29.8 Å². The zero-order chi connectivity index (χ0) is 16.6. The Balaban J connectivity index is 1.73. The van der Waals surface area contributed by atoms with Gasteiger partial charge in [-0.1, -0.05) is 46.5 Å². The van der Waals surface area contributed by atoms with Gasteiger partial charge in [0.05, 0.1) is 27.6 Å². The van der Waals surface area contributed by atoms with Crippen molar-refractivity contribution in [2.75, 3.05) is 0 Å². The van der Waals surface area contributed by atoms with Gasteiger partial charge in [0.15, 0.2) is 0 Å². The predicted molar refractivity (Wildman–Crippen MR) is 83.2 cm³/mol. The fraction of sp³-hybridized carbons (Fsp3) is 0.0625. The highest BCUT2D eigenvalue weighted by Gasteiger charge is 2.38. The Morgan fingerprint density at radius 3 is 2.13 bits per heavy atom. The molecule has 1 aliphatic rings. The lowest BCUT2D eigenvalue weighted by Gasteiger charge is -2.12. The fourth-order valence-electron chi connectivity index (χ4n) is 2.20. The molecule has 7 heteroatoms. The molecule has 0 unspecified atom stereocenters. The molecule has 2 aromatic rings. The number of carbonyl (C=O) groups excluding carboxylic acids is 3. The third-order valence-corrected chi connectivity index (χ3v) is 4.02. The molecule has 0 N–H and O–H groups in total. The Bertz CT molecular complexity index is 800. The van der Waals surface area contributed by atoms with E-state index in [0.29, 0.717) is 20.7 Å². The number of hydroxylamine groups is 2. The Morgan fingerprint density at radius 1 is 0.957 bits per heavy atom. The van der Waals surface area contributed by atoms with Gasteiger partial charge in [0, 0.05) is 0 Å². The SMILES string of the molecule is O=C(Cc1ccc(Cl)c(Cl)c1)ON1C(=O)c2ccccc2C1=O. The number of rotatable bonds is 3. The van der Waals surface area contributed by atoms with E-state index in [0.717, 1.165) is 0 Å². The molecule has 0 aliphatic carbocycles. The van der Waals surface area contributed by atoms with Gasteiger partial charge < -0.3 is 4.84 Å². The lowest BCUT2D eigenvalue weighted by Crippen LogP contribution is -2.33. The van der Waals surface area contributed by atoms with E-state index in [4.69, 9.17) is 28.0 Å². The molecule has 0 bridgehead atoms. The maximum atomic E-state index is 12.1. The zero-order valence-electron chi connectivity index (χ0n) is 11.6. The van der Waals surface area contributed by atoms with E-state index in [1.54, 1.807) is 24.3 Å². The van der Waals surface area contributed by atoms with Crippen LogP contribution in [0.4, 0.5) is 0 Å². The molecular weight excluding hydrogens is 341 g/mol. The van der Waals surface area contributed by atoms with Gasteiger partial charge in [0.25, 0.3) is 11.8 Å². The summed E-state index contributed by atoms with van der Waals surface area (Å²) in [6.07, 6.45) is -0.149. The second-order valence-electron chi connectivity index (χ2n) is 4.84. The number of nitrogens with zero attached hydrogens (tertiary/aromatic N) is 1. The smallest absolute Gasteiger partial charge is 0.329 e. The van der Waals surface area contributed by atoms with Crippen molar-refractivity contribution in [2.45, 2.75) is 6.42 Å². The Kier molecular flexibility index (Phi) is 4.07. The molecule has 3 rings (SSSR count). The molecule has 0 saturated carbocycles. The number of imide groups is 1. The second kappa shape index (κ2) is 6.02. The van der Waals surface area contributed by atoms with Gasteiger partial charge in [-0.3, -0.25) is 9.59 Å². The van der Waals surface area contributed by atoms with E-state index in [1.807, 2.05) is 0 Å². The highest BCUT2D eigenvalue weighted by Crippen LogP contribution is 2.24. The number of halogens is 2. The monoisotopic (exact) mass is 349 g/mol. The predicted octanol–water partition coefficient (Wildman–Crippen LogP) is 3.29. The molecule has 0 atom stereocenters. The largest absolute Gasteiger partial charge is 0.337 e. The molecule has 2 amide bonds. The van der Waals surface area contributed by atoms with Gasteiger partial charge in [0.2, 0.25) is 0 Å². The first-order valence-electron chi connectivity index (χ1n) is 6.60. The molecule has 116 valence electrons. The average Bonchev–Trinajstić information content (AvgIpc) is 2.76. The second-order valence-corrected chi connectivity index (χ2v) is 5.65. The highest BCUT2D eigenvalue weighted by atomic mass is 35.5. The van der Waals surface area contributed by atoms with Crippen LogP contribution in [0.5, 0.6) is 0 Å². The van der Waals surface area contributed by atoms with Gasteiger partial charge in [0.1, 0.15) is 0 Å². The Morgan fingerprint density at radius 2 is 1.57 bits per heavy atom. The summed E-state index contributed by atoms with van der Waals surface area (Å²) in [5, 5.41) is 1.15. The van der Waals surface area contributed by atoms with Gasteiger partial charge in [-0.15, -0.1) is 0 Å². The number of fused-ring (bicyclic) bond motifs is 1. The molecule has 1 aliphatic heterocycles. The maximum absolute atomic E-state index is 12.1. The van der Waals surface area contributed by atoms with E-state index in [-0.39, 0.29) is 17.5 Å². The molecule has 5 nitrogen and oxygen atoms in total. The van der Waals surface area contributed by atoms with Crippen molar-refractivity contribution in [3.05, 3.63) is 69.2 Å². The first-order valence-corrected chi connectivity index (χ1v) is 7.35. The van der Waals surface area contributed by atoms with Crippen molar-refractivity contribution in [1.82, 2.24) is 5.06 Å². The van der Waals surface area contributed by atoms with E-state index < -0.39 is 17.8 Å². The average molecular weight is 350 g/mol.